The van der Waals surface area contributed by atoms with Gasteiger partial charge in [0.2, 0.25) is 5.91 Å². The first-order valence-electron chi connectivity index (χ1n) is 9.53. The number of aromatic nitrogens is 1. The van der Waals surface area contributed by atoms with Crippen LogP contribution in [0, 0.1) is 5.92 Å². The molecule has 7 heteroatoms. The van der Waals surface area contributed by atoms with Gasteiger partial charge in [-0.2, -0.15) is 0 Å². The number of carbonyl (C=O) groups is 1. The van der Waals surface area contributed by atoms with Crippen LogP contribution < -0.4 is 16.2 Å². The molecule has 7 nitrogen and oxygen atoms in total. The van der Waals surface area contributed by atoms with Gasteiger partial charge in [0.15, 0.2) is 0 Å². The third-order valence-electron chi connectivity index (χ3n) is 5.34. The SMILES string of the molecule is CC1NNC(C)C1CCC(=O)N[C@@H]1COCC[C@H]1OCc1ccccn1. The van der Waals surface area contributed by atoms with Crippen LogP contribution in [0.2, 0.25) is 0 Å². The summed E-state index contributed by atoms with van der Waals surface area (Å²) in [6.07, 6.45) is 3.88. The topological polar surface area (TPSA) is 84.5 Å². The van der Waals surface area contributed by atoms with Crippen LogP contribution in [0.25, 0.3) is 0 Å². The van der Waals surface area contributed by atoms with Gasteiger partial charge in [-0.1, -0.05) is 6.07 Å². The van der Waals surface area contributed by atoms with E-state index in [2.05, 4.69) is 35.0 Å². The van der Waals surface area contributed by atoms with E-state index in [1.54, 1.807) is 6.20 Å². The van der Waals surface area contributed by atoms with Gasteiger partial charge >= 0.3 is 0 Å². The van der Waals surface area contributed by atoms with Crippen molar-refractivity contribution in [3.05, 3.63) is 30.1 Å². The third-order valence-corrected chi connectivity index (χ3v) is 5.34. The van der Waals surface area contributed by atoms with E-state index in [0.29, 0.717) is 44.2 Å². The number of carbonyl (C=O) groups excluding carboxylic acids is 1. The van der Waals surface area contributed by atoms with E-state index >= 15 is 0 Å². The summed E-state index contributed by atoms with van der Waals surface area (Å²) in [6, 6.07) is 6.44. The maximum Gasteiger partial charge on any atom is 0.220 e. The van der Waals surface area contributed by atoms with Crippen molar-refractivity contribution in [3.8, 4) is 0 Å². The molecule has 2 fully saturated rings. The molecule has 2 aliphatic heterocycles. The molecule has 1 aromatic rings. The Morgan fingerprint density at radius 3 is 2.88 bits per heavy atom. The first-order valence-corrected chi connectivity index (χ1v) is 9.53. The number of hydrazine groups is 1. The molecule has 1 aromatic heterocycles. The lowest BCUT2D eigenvalue weighted by Gasteiger charge is -2.32. The summed E-state index contributed by atoms with van der Waals surface area (Å²) in [5.41, 5.74) is 7.37. The predicted molar refractivity (Wildman–Crippen MR) is 98.1 cm³/mol. The number of pyridine rings is 1. The molecule has 0 bridgehead atoms. The summed E-state index contributed by atoms with van der Waals surface area (Å²) in [5.74, 6) is 0.526. The van der Waals surface area contributed by atoms with Gasteiger partial charge in [0.1, 0.15) is 0 Å². The minimum atomic E-state index is -0.102. The van der Waals surface area contributed by atoms with Gasteiger partial charge in [0.25, 0.3) is 0 Å². The predicted octanol–water partition coefficient (Wildman–Crippen LogP) is 1.15. The summed E-state index contributed by atoms with van der Waals surface area (Å²) in [5, 5.41) is 3.11. The Hall–Kier alpha value is -1.54. The van der Waals surface area contributed by atoms with Gasteiger partial charge < -0.3 is 14.8 Å². The molecule has 1 amide bonds. The molecule has 144 valence electrons. The summed E-state index contributed by atoms with van der Waals surface area (Å²) < 4.78 is 11.6. The lowest BCUT2D eigenvalue weighted by Crippen LogP contribution is -2.50. The number of amides is 1. The Morgan fingerprint density at radius 2 is 2.15 bits per heavy atom. The minimum absolute atomic E-state index is 0.0395. The molecular formula is C19H30N4O3. The Morgan fingerprint density at radius 1 is 1.35 bits per heavy atom. The van der Waals surface area contributed by atoms with Crippen molar-refractivity contribution in [1.82, 2.24) is 21.2 Å². The summed E-state index contributed by atoms with van der Waals surface area (Å²) in [4.78, 5) is 16.7. The van der Waals surface area contributed by atoms with Gasteiger partial charge in [-0.25, -0.2) is 0 Å². The molecule has 0 spiro atoms. The number of nitrogens with zero attached hydrogens (tertiary/aromatic N) is 1. The van der Waals surface area contributed by atoms with E-state index in [-0.39, 0.29) is 18.1 Å². The Labute approximate surface area is 155 Å². The van der Waals surface area contributed by atoms with Crippen LogP contribution in [-0.4, -0.2) is 48.3 Å². The normalized spacial score (nSPS) is 31.7. The average molecular weight is 362 g/mol. The van der Waals surface area contributed by atoms with Crippen LogP contribution in [0.15, 0.2) is 24.4 Å². The standard InChI is InChI=1S/C19H30N4O3/c1-13-16(14(2)23-22-13)6-7-19(24)21-17-12-25-10-8-18(17)26-11-15-5-3-4-9-20-15/h3-5,9,13-14,16-18,22-23H,6-8,10-12H2,1-2H3,(H,21,24)/t13?,14?,16?,17-,18-/m1/s1. The van der Waals surface area contributed by atoms with E-state index in [0.717, 1.165) is 18.5 Å². The van der Waals surface area contributed by atoms with Crippen molar-refractivity contribution in [2.75, 3.05) is 13.2 Å². The average Bonchev–Trinajstić information content (AvgIpc) is 2.98. The van der Waals surface area contributed by atoms with Crippen molar-refractivity contribution in [2.24, 2.45) is 5.92 Å². The lowest BCUT2D eigenvalue weighted by atomic mass is 9.91. The van der Waals surface area contributed by atoms with Crippen molar-refractivity contribution >= 4 is 5.91 Å². The molecule has 2 aliphatic rings. The monoisotopic (exact) mass is 362 g/mol. The quantitative estimate of drug-likeness (QED) is 0.675. The fourth-order valence-electron chi connectivity index (χ4n) is 3.72. The second-order valence-corrected chi connectivity index (χ2v) is 7.28. The molecular weight excluding hydrogens is 332 g/mol. The maximum absolute atomic E-state index is 12.4. The second-order valence-electron chi connectivity index (χ2n) is 7.28. The Bertz CT molecular complexity index is 561. The van der Waals surface area contributed by atoms with E-state index in [9.17, 15) is 4.79 Å². The minimum Gasteiger partial charge on any atom is -0.379 e. The van der Waals surface area contributed by atoms with Crippen LogP contribution in [0.5, 0.6) is 0 Å². The van der Waals surface area contributed by atoms with E-state index in [4.69, 9.17) is 9.47 Å². The number of ether oxygens (including phenoxy) is 2. The van der Waals surface area contributed by atoms with E-state index < -0.39 is 0 Å². The highest BCUT2D eigenvalue weighted by molar-refractivity contribution is 5.76. The Balaban J connectivity index is 1.45. The van der Waals surface area contributed by atoms with Crippen molar-refractivity contribution in [3.63, 3.8) is 0 Å². The highest BCUT2D eigenvalue weighted by Crippen LogP contribution is 2.20. The summed E-state index contributed by atoms with van der Waals surface area (Å²) >= 11 is 0. The van der Waals surface area contributed by atoms with Gasteiger partial charge in [0, 0.05) is 31.3 Å². The van der Waals surface area contributed by atoms with Crippen LogP contribution in [-0.2, 0) is 20.9 Å². The van der Waals surface area contributed by atoms with Crippen molar-refractivity contribution in [1.29, 1.82) is 0 Å². The van der Waals surface area contributed by atoms with Gasteiger partial charge in [-0.05, 0) is 44.7 Å². The first-order chi connectivity index (χ1) is 12.6. The fraction of sp³-hybridized carbons (Fsp3) is 0.684. The molecule has 0 aromatic carbocycles. The largest absolute Gasteiger partial charge is 0.379 e. The molecule has 4 atom stereocenters. The lowest BCUT2D eigenvalue weighted by molar-refractivity contribution is -0.126. The third kappa shape index (κ3) is 5.23. The summed E-state index contributed by atoms with van der Waals surface area (Å²) in [7, 11) is 0. The number of nitrogens with one attached hydrogen (secondary N) is 3. The second kappa shape index (κ2) is 9.41. The smallest absolute Gasteiger partial charge is 0.220 e. The van der Waals surface area contributed by atoms with Crippen molar-refractivity contribution < 1.29 is 14.3 Å². The molecule has 0 saturated carbocycles. The zero-order valence-electron chi connectivity index (χ0n) is 15.6. The molecule has 2 saturated heterocycles. The summed E-state index contributed by atoms with van der Waals surface area (Å²) in [6.45, 7) is 5.91. The molecule has 3 heterocycles. The van der Waals surface area contributed by atoms with Crippen LogP contribution in [0.3, 0.4) is 0 Å². The number of rotatable bonds is 7. The van der Waals surface area contributed by atoms with Gasteiger partial charge in [-0.3, -0.25) is 20.6 Å². The molecule has 26 heavy (non-hydrogen) atoms. The van der Waals surface area contributed by atoms with Gasteiger partial charge in [-0.15, -0.1) is 0 Å². The molecule has 2 unspecified atom stereocenters. The van der Waals surface area contributed by atoms with Crippen LogP contribution >= 0.6 is 0 Å². The highest BCUT2D eigenvalue weighted by atomic mass is 16.5. The number of hydrogen-bond donors (Lipinski definition) is 3. The van der Waals surface area contributed by atoms with Crippen LogP contribution in [0.4, 0.5) is 0 Å². The zero-order chi connectivity index (χ0) is 18.4. The Kier molecular flexibility index (Phi) is 6.96. The van der Waals surface area contributed by atoms with Crippen LogP contribution in [0.1, 0.15) is 38.8 Å². The number of hydrogen-bond acceptors (Lipinski definition) is 6. The highest BCUT2D eigenvalue weighted by Gasteiger charge is 2.31. The zero-order valence-corrected chi connectivity index (χ0v) is 15.6. The van der Waals surface area contributed by atoms with E-state index in [1.165, 1.54) is 0 Å². The fourth-order valence-corrected chi connectivity index (χ4v) is 3.72. The molecule has 3 rings (SSSR count). The van der Waals surface area contributed by atoms with E-state index in [1.807, 2.05) is 18.2 Å². The maximum atomic E-state index is 12.4. The molecule has 0 radical (unpaired) electrons. The molecule has 3 N–H and O–H groups in total. The van der Waals surface area contributed by atoms with Crippen molar-refractivity contribution in [2.45, 2.75) is 63.9 Å². The first kappa shape index (κ1) is 19.2. The van der Waals surface area contributed by atoms with Gasteiger partial charge in [0.05, 0.1) is 31.1 Å². The molecule has 0 aliphatic carbocycles.